The zero-order valence-electron chi connectivity index (χ0n) is 10.8. The molecule has 0 radical (unpaired) electrons. The summed E-state index contributed by atoms with van der Waals surface area (Å²) in [5.41, 5.74) is 0.369. The van der Waals surface area contributed by atoms with Gasteiger partial charge < -0.3 is 15.3 Å². The molecule has 1 fully saturated rings. The molecule has 2 amide bonds. The second-order valence-corrected chi connectivity index (χ2v) is 6.13. The van der Waals surface area contributed by atoms with Crippen molar-refractivity contribution in [3.8, 4) is 0 Å². The summed E-state index contributed by atoms with van der Waals surface area (Å²) in [4.78, 5) is 36.6. The first kappa shape index (κ1) is 16.0. The number of halogens is 2. The van der Waals surface area contributed by atoms with E-state index in [9.17, 15) is 14.4 Å². The maximum atomic E-state index is 12.6. The number of nitrogens with zero attached hydrogens (tertiary/aromatic N) is 1. The van der Waals surface area contributed by atoms with E-state index in [0.717, 1.165) is 0 Å². The molecule has 1 unspecified atom stereocenters. The van der Waals surface area contributed by atoms with Crippen LogP contribution in [0.15, 0.2) is 18.2 Å². The van der Waals surface area contributed by atoms with Gasteiger partial charge in [-0.3, -0.25) is 14.4 Å². The van der Waals surface area contributed by atoms with E-state index in [1.54, 1.807) is 12.1 Å². The van der Waals surface area contributed by atoms with Crippen LogP contribution >= 0.6 is 34.2 Å². The number of hydrogen-bond donors (Lipinski definition) is 2. The highest BCUT2D eigenvalue weighted by atomic mass is 127. The molecular formula is C13H12ClIN2O4. The van der Waals surface area contributed by atoms with E-state index in [4.69, 9.17) is 16.7 Å². The van der Waals surface area contributed by atoms with E-state index in [0.29, 0.717) is 20.7 Å². The fourth-order valence-electron chi connectivity index (χ4n) is 2.14. The monoisotopic (exact) mass is 422 g/mol. The number of rotatable bonds is 3. The number of piperazine rings is 1. The number of carboxylic acids is 1. The molecule has 1 aliphatic rings. The summed E-state index contributed by atoms with van der Waals surface area (Å²) in [7, 11) is 0. The van der Waals surface area contributed by atoms with Gasteiger partial charge in [0.2, 0.25) is 5.91 Å². The van der Waals surface area contributed by atoms with Gasteiger partial charge in [0.15, 0.2) is 0 Å². The summed E-state index contributed by atoms with van der Waals surface area (Å²) in [6, 6.07) is 3.89. The zero-order valence-corrected chi connectivity index (χ0v) is 13.7. The van der Waals surface area contributed by atoms with E-state index in [1.165, 1.54) is 11.0 Å². The highest BCUT2D eigenvalue weighted by molar-refractivity contribution is 14.1. The van der Waals surface area contributed by atoms with Crippen LogP contribution in [0.2, 0.25) is 5.02 Å². The summed E-state index contributed by atoms with van der Waals surface area (Å²) in [6.45, 7) is 0.572. The number of aliphatic carboxylic acids is 1. The van der Waals surface area contributed by atoms with Crippen LogP contribution < -0.4 is 5.32 Å². The molecule has 112 valence electrons. The lowest BCUT2D eigenvalue weighted by Crippen LogP contribution is -2.57. The molecule has 1 atom stereocenters. The van der Waals surface area contributed by atoms with E-state index in [-0.39, 0.29) is 12.5 Å². The van der Waals surface area contributed by atoms with Crippen molar-refractivity contribution in [3.05, 3.63) is 32.4 Å². The van der Waals surface area contributed by atoms with Gasteiger partial charge in [-0.25, -0.2) is 0 Å². The third kappa shape index (κ3) is 3.65. The Balaban J connectivity index is 2.32. The Morgan fingerprint density at radius 1 is 1.48 bits per heavy atom. The lowest BCUT2D eigenvalue weighted by atomic mass is 10.1. The van der Waals surface area contributed by atoms with Crippen molar-refractivity contribution in [2.75, 3.05) is 13.1 Å². The Bertz CT molecular complexity index is 608. The van der Waals surface area contributed by atoms with Crippen molar-refractivity contribution in [3.63, 3.8) is 0 Å². The third-order valence-corrected chi connectivity index (χ3v) is 4.29. The average molecular weight is 423 g/mol. The van der Waals surface area contributed by atoms with Crippen molar-refractivity contribution in [1.82, 2.24) is 10.2 Å². The first-order chi connectivity index (χ1) is 9.90. The summed E-state index contributed by atoms with van der Waals surface area (Å²) in [5.74, 6) is -1.97. The number of hydrogen-bond acceptors (Lipinski definition) is 3. The van der Waals surface area contributed by atoms with Crippen LogP contribution in [0.3, 0.4) is 0 Å². The fraction of sp³-hybridized carbons (Fsp3) is 0.308. The minimum Gasteiger partial charge on any atom is -0.481 e. The number of carbonyl (C=O) groups excluding carboxylic acids is 2. The van der Waals surface area contributed by atoms with E-state index >= 15 is 0 Å². The lowest BCUT2D eigenvalue weighted by Gasteiger charge is -2.34. The molecule has 0 aliphatic carbocycles. The van der Waals surface area contributed by atoms with Gasteiger partial charge in [-0.15, -0.1) is 0 Å². The first-order valence-corrected chi connectivity index (χ1v) is 7.61. The molecule has 1 heterocycles. The highest BCUT2D eigenvalue weighted by Crippen LogP contribution is 2.22. The van der Waals surface area contributed by atoms with Crippen LogP contribution in [0.5, 0.6) is 0 Å². The third-order valence-electron chi connectivity index (χ3n) is 3.12. The number of carbonyl (C=O) groups is 3. The molecule has 1 aliphatic heterocycles. The first-order valence-electron chi connectivity index (χ1n) is 6.15. The molecule has 2 N–H and O–H groups in total. The second-order valence-electron chi connectivity index (χ2n) is 4.53. The maximum Gasteiger partial charge on any atom is 0.305 e. The summed E-state index contributed by atoms with van der Waals surface area (Å²) in [6.07, 6.45) is -0.422. The van der Waals surface area contributed by atoms with Crippen LogP contribution in [0.25, 0.3) is 0 Å². The van der Waals surface area contributed by atoms with Gasteiger partial charge in [0.1, 0.15) is 6.04 Å². The quantitative estimate of drug-likeness (QED) is 0.720. The van der Waals surface area contributed by atoms with Crippen molar-refractivity contribution in [2.24, 2.45) is 0 Å². The highest BCUT2D eigenvalue weighted by Gasteiger charge is 2.35. The fourth-order valence-corrected chi connectivity index (χ4v) is 2.88. The predicted molar refractivity (Wildman–Crippen MR) is 84.3 cm³/mol. The van der Waals surface area contributed by atoms with Gasteiger partial charge in [0, 0.05) is 21.7 Å². The molecule has 8 heteroatoms. The van der Waals surface area contributed by atoms with Crippen LogP contribution in [-0.4, -0.2) is 46.9 Å². The van der Waals surface area contributed by atoms with Gasteiger partial charge in [0.05, 0.1) is 12.0 Å². The summed E-state index contributed by atoms with van der Waals surface area (Å²) < 4.78 is 0.696. The Morgan fingerprint density at radius 3 is 2.86 bits per heavy atom. The van der Waals surface area contributed by atoms with Gasteiger partial charge >= 0.3 is 5.97 Å². The molecule has 1 aromatic rings. The van der Waals surface area contributed by atoms with Crippen molar-refractivity contribution in [1.29, 1.82) is 0 Å². The van der Waals surface area contributed by atoms with Crippen molar-refractivity contribution in [2.45, 2.75) is 12.5 Å². The minimum absolute atomic E-state index is 0.269. The Morgan fingerprint density at radius 2 is 2.19 bits per heavy atom. The molecule has 21 heavy (non-hydrogen) atoms. The van der Waals surface area contributed by atoms with E-state index in [1.807, 2.05) is 22.6 Å². The summed E-state index contributed by atoms with van der Waals surface area (Å²) >= 11 is 7.90. The van der Waals surface area contributed by atoms with Crippen LogP contribution in [0, 0.1) is 3.57 Å². The van der Waals surface area contributed by atoms with Crippen LogP contribution in [0.1, 0.15) is 16.8 Å². The Kier molecular flexibility index (Phi) is 5.04. The lowest BCUT2D eigenvalue weighted by molar-refractivity contribution is -0.142. The van der Waals surface area contributed by atoms with Gasteiger partial charge in [-0.1, -0.05) is 11.6 Å². The topological polar surface area (TPSA) is 86.7 Å². The Labute approximate surface area is 139 Å². The molecule has 1 saturated heterocycles. The molecule has 2 rings (SSSR count). The largest absolute Gasteiger partial charge is 0.481 e. The Hall–Kier alpha value is -1.35. The average Bonchev–Trinajstić information content (AvgIpc) is 2.42. The molecule has 0 bridgehead atoms. The normalized spacial score (nSPS) is 18.3. The molecule has 6 nitrogen and oxygen atoms in total. The van der Waals surface area contributed by atoms with Crippen LogP contribution in [-0.2, 0) is 9.59 Å². The minimum atomic E-state index is -1.13. The molecule has 0 aromatic heterocycles. The zero-order chi connectivity index (χ0) is 15.6. The van der Waals surface area contributed by atoms with Crippen LogP contribution in [0.4, 0.5) is 0 Å². The second kappa shape index (κ2) is 6.61. The number of benzene rings is 1. The number of amides is 2. The van der Waals surface area contributed by atoms with E-state index < -0.39 is 24.3 Å². The number of nitrogens with one attached hydrogen (secondary N) is 1. The smallest absolute Gasteiger partial charge is 0.305 e. The molecule has 0 saturated carbocycles. The molecule has 1 aromatic carbocycles. The van der Waals surface area contributed by atoms with Gasteiger partial charge in [0.25, 0.3) is 5.91 Å². The standard InChI is InChI=1S/C13H12ClIN2O4/c14-7-1-2-9(15)8(5-7)13(21)17-4-3-16-12(20)10(17)6-11(18)19/h1-2,5,10H,3-4,6H2,(H,16,20)(H,18,19). The number of carboxylic acid groups (broad SMARTS) is 1. The van der Waals surface area contributed by atoms with Crippen molar-refractivity contribution >= 4 is 52.0 Å². The van der Waals surface area contributed by atoms with Crippen molar-refractivity contribution < 1.29 is 19.5 Å². The van der Waals surface area contributed by atoms with E-state index in [2.05, 4.69) is 5.32 Å². The molecule has 0 spiro atoms. The van der Waals surface area contributed by atoms with Gasteiger partial charge in [-0.2, -0.15) is 0 Å². The summed E-state index contributed by atoms with van der Waals surface area (Å²) in [5, 5.41) is 11.9. The maximum absolute atomic E-state index is 12.6. The molecular weight excluding hydrogens is 411 g/mol. The predicted octanol–water partition coefficient (Wildman–Crippen LogP) is 1.36. The SMILES string of the molecule is O=C(O)CC1C(=O)NCCN1C(=O)c1cc(Cl)ccc1I. The van der Waals surface area contributed by atoms with Gasteiger partial charge in [-0.05, 0) is 40.8 Å².